The monoisotopic (exact) mass is 303 g/mol. The Morgan fingerprint density at radius 2 is 2.05 bits per heavy atom. The van der Waals surface area contributed by atoms with Gasteiger partial charge in [-0.15, -0.1) is 0 Å². The molecule has 2 rings (SSSR count). The van der Waals surface area contributed by atoms with Crippen molar-refractivity contribution in [3.05, 3.63) is 35.4 Å². The first-order valence-electron chi connectivity index (χ1n) is 6.34. The number of nitrogens with one attached hydrogen (secondary N) is 1. The molecule has 1 N–H and O–H groups in total. The fourth-order valence-electron chi connectivity index (χ4n) is 2.18. The lowest BCUT2D eigenvalue weighted by molar-refractivity contribution is -0.138. The van der Waals surface area contributed by atoms with Crippen LogP contribution in [0.5, 0.6) is 0 Å². The second-order valence-corrected chi connectivity index (χ2v) is 6.10. The molecule has 3 atom stereocenters. The summed E-state index contributed by atoms with van der Waals surface area (Å²) in [6, 6.07) is 5.40. The van der Waals surface area contributed by atoms with Crippen LogP contribution in [0.25, 0.3) is 0 Å². The van der Waals surface area contributed by atoms with Gasteiger partial charge in [0.05, 0.1) is 10.8 Å². The minimum absolute atomic E-state index is 0.116. The quantitative estimate of drug-likeness (QED) is 0.923. The van der Waals surface area contributed by atoms with Gasteiger partial charge >= 0.3 is 6.18 Å². The molecule has 1 fully saturated rings. The Morgan fingerprint density at radius 3 is 2.65 bits per heavy atom. The molecule has 1 saturated carbocycles. The fourth-order valence-corrected chi connectivity index (χ4v) is 2.47. The smallest absolute Gasteiger partial charge is 0.352 e. The summed E-state index contributed by atoms with van der Waals surface area (Å²) in [5.74, 6) is -0.347. The number of thioether (sulfide) groups is 1. The van der Waals surface area contributed by atoms with E-state index in [0.717, 1.165) is 6.07 Å². The van der Waals surface area contributed by atoms with Crippen molar-refractivity contribution >= 4 is 17.7 Å². The van der Waals surface area contributed by atoms with E-state index < -0.39 is 11.7 Å². The van der Waals surface area contributed by atoms with E-state index in [1.165, 1.54) is 23.9 Å². The van der Waals surface area contributed by atoms with E-state index in [9.17, 15) is 18.0 Å². The summed E-state index contributed by atoms with van der Waals surface area (Å²) in [4.78, 5) is 11.7. The fraction of sp³-hybridized carbons (Fsp3) is 0.500. The molecule has 0 bridgehead atoms. The molecule has 2 nitrogen and oxygen atoms in total. The van der Waals surface area contributed by atoms with Gasteiger partial charge in [0.15, 0.2) is 0 Å². The van der Waals surface area contributed by atoms with Crippen molar-refractivity contribution in [3.63, 3.8) is 0 Å². The molecule has 1 aromatic carbocycles. The van der Waals surface area contributed by atoms with Gasteiger partial charge in [-0.2, -0.15) is 24.9 Å². The van der Waals surface area contributed by atoms with Crippen LogP contribution in [0.1, 0.15) is 30.4 Å². The Bertz CT molecular complexity index is 503. The summed E-state index contributed by atoms with van der Waals surface area (Å²) >= 11 is 1.42. The zero-order chi connectivity index (χ0) is 14.9. The summed E-state index contributed by atoms with van der Waals surface area (Å²) in [7, 11) is 0. The summed E-state index contributed by atoms with van der Waals surface area (Å²) in [5.41, 5.74) is -0.318. The molecule has 110 valence electrons. The average molecular weight is 303 g/mol. The normalized spacial score (nSPS) is 23.2. The minimum atomic E-state index is -4.35. The highest BCUT2D eigenvalue weighted by molar-refractivity contribution is 7.99. The lowest BCUT2D eigenvalue weighted by Gasteiger charge is -2.13. The van der Waals surface area contributed by atoms with E-state index in [4.69, 9.17) is 0 Å². The van der Waals surface area contributed by atoms with Gasteiger partial charge in [-0.1, -0.05) is 18.2 Å². The first-order chi connectivity index (χ1) is 9.34. The number of halogens is 3. The number of amides is 1. The van der Waals surface area contributed by atoms with E-state index in [0.29, 0.717) is 6.42 Å². The summed E-state index contributed by atoms with van der Waals surface area (Å²) in [5, 5.41) is 2.62. The number of carbonyl (C=O) groups excluding carboxylic acids is 1. The highest BCUT2D eigenvalue weighted by Gasteiger charge is 2.45. The SMILES string of the molecule is CS[C@H](C)C(=O)N[C@@H]1C[C@@H]1c1ccccc1C(F)(F)F. The molecular weight excluding hydrogens is 287 g/mol. The van der Waals surface area contributed by atoms with E-state index in [2.05, 4.69) is 5.32 Å². The topological polar surface area (TPSA) is 29.1 Å². The molecule has 1 aliphatic rings. The Morgan fingerprint density at radius 1 is 1.40 bits per heavy atom. The number of benzene rings is 1. The Balaban J connectivity index is 2.08. The van der Waals surface area contributed by atoms with Gasteiger partial charge in [0.25, 0.3) is 0 Å². The van der Waals surface area contributed by atoms with Gasteiger partial charge in [-0.3, -0.25) is 4.79 Å². The zero-order valence-corrected chi connectivity index (χ0v) is 12.0. The predicted molar refractivity (Wildman–Crippen MR) is 73.7 cm³/mol. The van der Waals surface area contributed by atoms with Gasteiger partial charge in [0.1, 0.15) is 0 Å². The molecule has 0 radical (unpaired) electrons. The van der Waals surface area contributed by atoms with Crippen molar-refractivity contribution in [3.8, 4) is 0 Å². The van der Waals surface area contributed by atoms with Crippen molar-refractivity contribution in [1.29, 1.82) is 0 Å². The first-order valence-corrected chi connectivity index (χ1v) is 7.62. The molecular formula is C14H16F3NOS. The van der Waals surface area contributed by atoms with E-state index in [1.54, 1.807) is 13.0 Å². The minimum Gasteiger partial charge on any atom is -0.352 e. The lowest BCUT2D eigenvalue weighted by atomic mass is 10.0. The van der Waals surface area contributed by atoms with Crippen LogP contribution in [0.3, 0.4) is 0 Å². The highest BCUT2D eigenvalue weighted by atomic mass is 32.2. The molecule has 0 unspecified atom stereocenters. The Kier molecular flexibility index (Phi) is 4.32. The summed E-state index contributed by atoms with van der Waals surface area (Å²) < 4.78 is 38.8. The number of alkyl halides is 3. The second kappa shape index (κ2) is 5.68. The second-order valence-electron chi connectivity index (χ2n) is 4.92. The Hall–Kier alpha value is -1.17. The highest BCUT2D eigenvalue weighted by Crippen LogP contribution is 2.46. The maximum absolute atomic E-state index is 12.9. The van der Waals surface area contributed by atoms with Gasteiger partial charge in [-0.05, 0) is 31.2 Å². The molecule has 0 aromatic heterocycles. The average Bonchev–Trinajstić information content (AvgIpc) is 3.15. The standard InChI is InChI=1S/C14H16F3NOS/c1-8(20-2)13(19)18-12-7-10(12)9-5-3-4-6-11(9)14(15,16)17/h3-6,8,10,12H,7H2,1-2H3,(H,18,19)/t8-,10-,12-/m1/s1. The first kappa shape index (κ1) is 15.2. The van der Waals surface area contributed by atoms with E-state index >= 15 is 0 Å². The van der Waals surface area contributed by atoms with Crippen LogP contribution >= 0.6 is 11.8 Å². The molecule has 0 spiro atoms. The Labute approximate surface area is 120 Å². The van der Waals surface area contributed by atoms with Crippen LogP contribution in [0.15, 0.2) is 24.3 Å². The molecule has 0 heterocycles. The summed E-state index contributed by atoms with van der Waals surface area (Å²) in [6.07, 6.45) is -1.95. The van der Waals surface area contributed by atoms with Crippen molar-refractivity contribution in [2.24, 2.45) is 0 Å². The van der Waals surface area contributed by atoms with Gasteiger partial charge in [-0.25, -0.2) is 0 Å². The van der Waals surface area contributed by atoms with Crippen LogP contribution < -0.4 is 5.32 Å². The molecule has 0 aliphatic heterocycles. The number of hydrogen-bond donors (Lipinski definition) is 1. The van der Waals surface area contributed by atoms with Gasteiger partial charge in [0.2, 0.25) is 5.91 Å². The lowest BCUT2D eigenvalue weighted by Crippen LogP contribution is -2.33. The van der Waals surface area contributed by atoms with Crippen molar-refractivity contribution in [2.45, 2.75) is 36.7 Å². The van der Waals surface area contributed by atoms with Gasteiger partial charge < -0.3 is 5.32 Å². The van der Waals surface area contributed by atoms with Crippen molar-refractivity contribution in [2.75, 3.05) is 6.26 Å². The third kappa shape index (κ3) is 3.29. The number of carbonyl (C=O) groups is 1. The molecule has 1 amide bonds. The summed E-state index contributed by atoms with van der Waals surface area (Å²) in [6.45, 7) is 1.78. The van der Waals surface area contributed by atoms with Crippen molar-refractivity contribution < 1.29 is 18.0 Å². The molecule has 1 aliphatic carbocycles. The number of rotatable bonds is 4. The molecule has 1 aromatic rings. The van der Waals surface area contributed by atoms with Crippen LogP contribution in [-0.4, -0.2) is 23.5 Å². The molecule has 6 heteroatoms. The van der Waals surface area contributed by atoms with Crippen LogP contribution in [0, 0.1) is 0 Å². The van der Waals surface area contributed by atoms with Crippen LogP contribution in [0.4, 0.5) is 13.2 Å². The number of hydrogen-bond acceptors (Lipinski definition) is 2. The maximum Gasteiger partial charge on any atom is 0.416 e. The van der Waals surface area contributed by atoms with Crippen molar-refractivity contribution in [1.82, 2.24) is 5.32 Å². The zero-order valence-electron chi connectivity index (χ0n) is 11.2. The molecule has 0 saturated heterocycles. The van der Waals surface area contributed by atoms with Crippen LogP contribution in [-0.2, 0) is 11.0 Å². The predicted octanol–water partition coefficient (Wildman–Crippen LogP) is 3.43. The maximum atomic E-state index is 12.9. The largest absolute Gasteiger partial charge is 0.416 e. The van der Waals surface area contributed by atoms with Gasteiger partial charge in [0, 0.05) is 12.0 Å². The third-order valence-electron chi connectivity index (χ3n) is 3.51. The molecule has 20 heavy (non-hydrogen) atoms. The van der Waals surface area contributed by atoms with Crippen LogP contribution in [0.2, 0.25) is 0 Å². The third-order valence-corrected chi connectivity index (χ3v) is 4.43. The van der Waals surface area contributed by atoms with E-state index in [1.807, 2.05) is 6.26 Å². The van der Waals surface area contributed by atoms with E-state index in [-0.39, 0.29) is 28.7 Å².